The van der Waals surface area contributed by atoms with Gasteiger partial charge < -0.3 is 10.2 Å². The molecule has 136 valence electrons. The molecule has 3 aromatic rings. The van der Waals surface area contributed by atoms with Crippen LogP contribution in [0.15, 0.2) is 84.6 Å². The molecular weight excluding hydrogens is 352 g/mol. The van der Waals surface area contributed by atoms with Crippen LogP contribution in [-0.2, 0) is 0 Å². The van der Waals surface area contributed by atoms with E-state index in [1.807, 2.05) is 18.2 Å². The molecule has 1 N–H and O–H groups in total. The molecule has 1 aliphatic rings. The van der Waals surface area contributed by atoms with Gasteiger partial charge in [0.1, 0.15) is 0 Å². The number of halogens is 1. The number of nitrogens with one attached hydrogen (secondary N) is 1. The number of anilines is 2. The summed E-state index contributed by atoms with van der Waals surface area (Å²) in [5.74, 6) is 0. The van der Waals surface area contributed by atoms with Crippen LogP contribution in [0.2, 0.25) is 5.02 Å². The van der Waals surface area contributed by atoms with Gasteiger partial charge in [0, 0.05) is 22.1 Å². The predicted octanol–water partition coefficient (Wildman–Crippen LogP) is 6.51. The van der Waals surface area contributed by atoms with E-state index in [1.54, 1.807) is 0 Å². The molecule has 27 heavy (non-hydrogen) atoms. The summed E-state index contributed by atoms with van der Waals surface area (Å²) in [6.45, 7) is 5.03. The second-order valence-electron chi connectivity index (χ2n) is 7.11. The molecule has 3 aromatic carbocycles. The van der Waals surface area contributed by atoms with Crippen molar-refractivity contribution >= 4 is 23.0 Å². The minimum absolute atomic E-state index is 0.106. The van der Waals surface area contributed by atoms with Crippen molar-refractivity contribution < 1.29 is 0 Å². The van der Waals surface area contributed by atoms with E-state index < -0.39 is 0 Å². The van der Waals surface area contributed by atoms with Crippen LogP contribution in [0.5, 0.6) is 0 Å². The van der Waals surface area contributed by atoms with Crippen LogP contribution in [0.4, 0.5) is 11.4 Å². The molecular formula is C24H23ClN2. The Balaban J connectivity index is 1.67. The smallest absolute Gasteiger partial charge is 0.0765 e. The van der Waals surface area contributed by atoms with Gasteiger partial charge in [-0.15, -0.1) is 0 Å². The molecule has 4 rings (SSSR count). The number of hydrogen-bond acceptors (Lipinski definition) is 2. The first kappa shape index (κ1) is 17.7. The topological polar surface area (TPSA) is 15.3 Å². The molecule has 0 aromatic heterocycles. The molecule has 0 amide bonds. The average molecular weight is 375 g/mol. The lowest BCUT2D eigenvalue weighted by molar-refractivity contribution is 0.810. The Morgan fingerprint density at radius 1 is 0.852 bits per heavy atom. The lowest BCUT2D eigenvalue weighted by Gasteiger charge is -2.28. The van der Waals surface area contributed by atoms with Gasteiger partial charge in [-0.1, -0.05) is 65.2 Å². The highest BCUT2D eigenvalue weighted by Gasteiger charge is 2.28. The van der Waals surface area contributed by atoms with Gasteiger partial charge in [-0.05, 0) is 55.8 Å². The molecule has 1 atom stereocenters. The minimum Gasteiger partial charge on any atom is -0.358 e. The zero-order chi connectivity index (χ0) is 18.8. The zero-order valence-electron chi connectivity index (χ0n) is 15.6. The fourth-order valence-electron chi connectivity index (χ4n) is 3.48. The van der Waals surface area contributed by atoms with Gasteiger partial charge in [-0.25, -0.2) is 0 Å². The van der Waals surface area contributed by atoms with Crippen LogP contribution >= 0.6 is 11.6 Å². The molecule has 0 aliphatic carbocycles. The molecule has 0 saturated carbocycles. The van der Waals surface area contributed by atoms with E-state index in [0.717, 1.165) is 22.8 Å². The lowest BCUT2D eigenvalue weighted by atomic mass is 10.1. The highest BCUT2D eigenvalue weighted by Crippen LogP contribution is 2.37. The molecule has 1 heterocycles. The molecule has 3 heteroatoms. The van der Waals surface area contributed by atoms with E-state index in [-0.39, 0.29) is 6.04 Å². The first-order valence-electron chi connectivity index (χ1n) is 9.22. The third kappa shape index (κ3) is 3.86. The fourth-order valence-corrected chi connectivity index (χ4v) is 3.73. The maximum atomic E-state index is 6.53. The second-order valence-corrected chi connectivity index (χ2v) is 7.52. The van der Waals surface area contributed by atoms with Gasteiger partial charge in [0.15, 0.2) is 0 Å². The number of benzene rings is 3. The highest BCUT2D eigenvalue weighted by molar-refractivity contribution is 6.31. The van der Waals surface area contributed by atoms with Crippen molar-refractivity contribution in [3.63, 3.8) is 0 Å². The fraction of sp³-hybridized carbons (Fsp3) is 0.167. The van der Waals surface area contributed by atoms with Gasteiger partial charge in [0.25, 0.3) is 0 Å². The third-order valence-electron chi connectivity index (χ3n) is 4.98. The Hall–Kier alpha value is -2.71. The van der Waals surface area contributed by atoms with Crippen LogP contribution in [-0.4, -0.2) is 6.54 Å². The van der Waals surface area contributed by atoms with Crippen LogP contribution in [0, 0.1) is 13.8 Å². The first-order valence-corrected chi connectivity index (χ1v) is 9.60. The van der Waals surface area contributed by atoms with Crippen LogP contribution in [0.1, 0.15) is 22.7 Å². The normalized spacial score (nSPS) is 16.3. The maximum Gasteiger partial charge on any atom is 0.0765 e. The van der Waals surface area contributed by atoms with Crippen molar-refractivity contribution in [2.24, 2.45) is 0 Å². The zero-order valence-corrected chi connectivity index (χ0v) is 16.4. The van der Waals surface area contributed by atoms with Crippen LogP contribution in [0.3, 0.4) is 0 Å². The number of aryl methyl sites for hydroxylation is 2. The maximum absolute atomic E-state index is 6.53. The number of nitrogens with zero attached hydrogens (tertiary/aromatic N) is 1. The summed E-state index contributed by atoms with van der Waals surface area (Å²) in [6.07, 6.45) is 2.28. The largest absolute Gasteiger partial charge is 0.358 e. The third-order valence-corrected chi connectivity index (χ3v) is 5.33. The standard InChI is InChI=1S/C24H23ClN2/c1-17-7-11-19(12-8-17)26-20-15-24(22-5-3-4-6-23(22)25)27(16-20)21-13-9-18(2)10-14-21/h3-15,24,26H,16H2,1-2H3/t24-/m1/s1. The molecule has 0 saturated heterocycles. The minimum atomic E-state index is 0.106. The Labute approximate surface area is 166 Å². The van der Waals surface area contributed by atoms with Gasteiger partial charge in [0.05, 0.1) is 12.6 Å². The van der Waals surface area contributed by atoms with Crippen LogP contribution < -0.4 is 10.2 Å². The monoisotopic (exact) mass is 374 g/mol. The van der Waals surface area contributed by atoms with Gasteiger partial charge in [0.2, 0.25) is 0 Å². The molecule has 0 spiro atoms. The quantitative estimate of drug-likeness (QED) is 0.559. The summed E-state index contributed by atoms with van der Waals surface area (Å²) >= 11 is 6.53. The van der Waals surface area contributed by atoms with Crippen molar-refractivity contribution in [1.82, 2.24) is 0 Å². The predicted molar refractivity (Wildman–Crippen MR) is 116 cm³/mol. The van der Waals surface area contributed by atoms with E-state index in [1.165, 1.54) is 22.5 Å². The van der Waals surface area contributed by atoms with E-state index in [0.29, 0.717) is 0 Å². The van der Waals surface area contributed by atoms with Crippen molar-refractivity contribution in [3.8, 4) is 0 Å². The van der Waals surface area contributed by atoms with Crippen molar-refractivity contribution in [2.75, 3.05) is 16.8 Å². The van der Waals surface area contributed by atoms with Crippen molar-refractivity contribution in [1.29, 1.82) is 0 Å². The summed E-state index contributed by atoms with van der Waals surface area (Å²) in [6, 6.07) is 25.4. The van der Waals surface area contributed by atoms with E-state index in [9.17, 15) is 0 Å². The summed E-state index contributed by atoms with van der Waals surface area (Å²) in [4.78, 5) is 2.39. The lowest BCUT2D eigenvalue weighted by Crippen LogP contribution is -2.25. The first-order chi connectivity index (χ1) is 13.1. The van der Waals surface area contributed by atoms with Crippen LogP contribution in [0.25, 0.3) is 0 Å². The Morgan fingerprint density at radius 3 is 2.15 bits per heavy atom. The van der Waals surface area contributed by atoms with Gasteiger partial charge >= 0.3 is 0 Å². The van der Waals surface area contributed by atoms with E-state index in [2.05, 4.69) is 84.7 Å². The molecule has 0 radical (unpaired) electrons. The van der Waals surface area contributed by atoms with E-state index in [4.69, 9.17) is 11.6 Å². The number of rotatable bonds is 4. The SMILES string of the molecule is Cc1ccc(NC2=C[C@H](c3ccccc3Cl)N(c3ccc(C)cc3)C2)cc1. The summed E-state index contributed by atoms with van der Waals surface area (Å²) in [5.41, 5.74) is 7.14. The summed E-state index contributed by atoms with van der Waals surface area (Å²) in [5, 5.41) is 4.37. The molecule has 2 nitrogen and oxygen atoms in total. The molecule has 1 aliphatic heterocycles. The Kier molecular flexibility index (Phi) is 4.91. The molecule has 0 fully saturated rings. The van der Waals surface area contributed by atoms with Gasteiger partial charge in [-0.3, -0.25) is 0 Å². The Morgan fingerprint density at radius 2 is 1.48 bits per heavy atom. The summed E-state index contributed by atoms with van der Waals surface area (Å²) < 4.78 is 0. The summed E-state index contributed by atoms with van der Waals surface area (Å²) in [7, 11) is 0. The average Bonchev–Trinajstić information content (AvgIpc) is 3.08. The second kappa shape index (κ2) is 7.50. The Bertz CT molecular complexity index is 958. The van der Waals surface area contributed by atoms with Crippen molar-refractivity contribution in [2.45, 2.75) is 19.9 Å². The molecule has 0 bridgehead atoms. The number of hydrogen-bond donors (Lipinski definition) is 1. The molecule has 0 unspecified atom stereocenters. The van der Waals surface area contributed by atoms with Gasteiger partial charge in [-0.2, -0.15) is 0 Å². The van der Waals surface area contributed by atoms with E-state index >= 15 is 0 Å². The highest BCUT2D eigenvalue weighted by atomic mass is 35.5. The van der Waals surface area contributed by atoms with Crippen molar-refractivity contribution in [3.05, 3.63) is 106 Å².